The molecule has 0 spiro atoms. The molecule has 5 nitrogen and oxygen atoms in total. The molecule has 17 heavy (non-hydrogen) atoms. The standard InChI is InChI=1S/C12H15N3O2/c1-8-3-4-10(16-2)9(7-8)12-14-11(5-6-13)17-15-12/h3-4,7H,5-6,13H2,1-2H3. The molecule has 0 saturated carbocycles. The monoisotopic (exact) mass is 233 g/mol. The van der Waals surface area contributed by atoms with E-state index in [1.165, 1.54) is 0 Å². The molecule has 0 atom stereocenters. The number of rotatable bonds is 4. The lowest BCUT2D eigenvalue weighted by molar-refractivity contribution is 0.379. The van der Waals surface area contributed by atoms with E-state index >= 15 is 0 Å². The second kappa shape index (κ2) is 4.97. The zero-order valence-electron chi connectivity index (χ0n) is 9.93. The Morgan fingerprint density at radius 2 is 2.24 bits per heavy atom. The van der Waals surface area contributed by atoms with Crippen LogP contribution in [0.5, 0.6) is 5.75 Å². The van der Waals surface area contributed by atoms with Gasteiger partial charge in [-0.1, -0.05) is 16.8 Å². The zero-order valence-corrected chi connectivity index (χ0v) is 9.93. The van der Waals surface area contributed by atoms with Crippen LogP contribution < -0.4 is 10.5 Å². The van der Waals surface area contributed by atoms with Gasteiger partial charge in [0.2, 0.25) is 11.7 Å². The molecule has 2 rings (SSSR count). The van der Waals surface area contributed by atoms with E-state index in [4.69, 9.17) is 15.0 Å². The first-order chi connectivity index (χ1) is 8.24. The molecule has 0 aliphatic rings. The van der Waals surface area contributed by atoms with Crippen molar-refractivity contribution in [2.45, 2.75) is 13.3 Å². The molecule has 0 radical (unpaired) electrons. The van der Waals surface area contributed by atoms with Gasteiger partial charge in [-0.05, 0) is 19.1 Å². The van der Waals surface area contributed by atoms with Gasteiger partial charge in [0.15, 0.2) is 0 Å². The Kier molecular flexibility index (Phi) is 3.39. The third-order valence-electron chi connectivity index (χ3n) is 2.42. The summed E-state index contributed by atoms with van der Waals surface area (Å²) in [5, 5.41) is 3.93. The van der Waals surface area contributed by atoms with Gasteiger partial charge in [-0.25, -0.2) is 0 Å². The minimum absolute atomic E-state index is 0.493. The molecule has 0 saturated heterocycles. The summed E-state index contributed by atoms with van der Waals surface area (Å²) >= 11 is 0. The van der Waals surface area contributed by atoms with Crippen LogP contribution in [0.1, 0.15) is 11.5 Å². The lowest BCUT2D eigenvalue weighted by Crippen LogP contribution is -2.02. The van der Waals surface area contributed by atoms with Crippen molar-refractivity contribution in [2.24, 2.45) is 5.73 Å². The van der Waals surface area contributed by atoms with Crippen molar-refractivity contribution in [3.63, 3.8) is 0 Å². The third kappa shape index (κ3) is 2.45. The molecule has 1 aromatic carbocycles. The fourth-order valence-electron chi connectivity index (χ4n) is 1.59. The SMILES string of the molecule is COc1ccc(C)cc1-c1noc(CCN)n1. The van der Waals surface area contributed by atoms with Gasteiger partial charge in [0.25, 0.3) is 0 Å². The number of aryl methyl sites for hydroxylation is 1. The zero-order chi connectivity index (χ0) is 12.3. The van der Waals surface area contributed by atoms with Gasteiger partial charge < -0.3 is 15.0 Å². The highest BCUT2D eigenvalue weighted by molar-refractivity contribution is 5.64. The second-order valence-corrected chi connectivity index (χ2v) is 3.75. The highest BCUT2D eigenvalue weighted by atomic mass is 16.5. The molecule has 0 unspecified atom stereocenters. The molecular weight excluding hydrogens is 218 g/mol. The van der Waals surface area contributed by atoms with Crippen molar-refractivity contribution in [3.8, 4) is 17.1 Å². The van der Waals surface area contributed by atoms with Crippen LogP contribution in [0, 0.1) is 6.92 Å². The number of nitrogens with two attached hydrogens (primary N) is 1. The summed E-state index contributed by atoms with van der Waals surface area (Å²) in [6.07, 6.45) is 0.584. The van der Waals surface area contributed by atoms with Crippen LogP contribution in [-0.4, -0.2) is 23.8 Å². The molecule has 0 amide bonds. The topological polar surface area (TPSA) is 74.2 Å². The summed E-state index contributed by atoms with van der Waals surface area (Å²) in [6, 6.07) is 5.84. The van der Waals surface area contributed by atoms with E-state index in [1.807, 2.05) is 25.1 Å². The Hall–Kier alpha value is -1.88. The van der Waals surface area contributed by atoms with Crippen LogP contribution in [0.4, 0.5) is 0 Å². The van der Waals surface area contributed by atoms with Crippen LogP contribution >= 0.6 is 0 Å². The highest BCUT2D eigenvalue weighted by Crippen LogP contribution is 2.28. The van der Waals surface area contributed by atoms with E-state index in [0.29, 0.717) is 24.7 Å². The maximum Gasteiger partial charge on any atom is 0.228 e. The van der Waals surface area contributed by atoms with E-state index in [2.05, 4.69) is 10.1 Å². The molecule has 2 N–H and O–H groups in total. The van der Waals surface area contributed by atoms with Crippen LogP contribution in [-0.2, 0) is 6.42 Å². The fraction of sp³-hybridized carbons (Fsp3) is 0.333. The maximum atomic E-state index is 5.44. The van der Waals surface area contributed by atoms with Crippen molar-refractivity contribution in [1.82, 2.24) is 10.1 Å². The highest BCUT2D eigenvalue weighted by Gasteiger charge is 2.12. The first-order valence-corrected chi connectivity index (χ1v) is 5.42. The van der Waals surface area contributed by atoms with Crippen molar-refractivity contribution in [1.29, 1.82) is 0 Å². The number of aromatic nitrogens is 2. The van der Waals surface area contributed by atoms with Crippen LogP contribution in [0.2, 0.25) is 0 Å². The fourth-order valence-corrected chi connectivity index (χ4v) is 1.59. The average Bonchev–Trinajstić information content (AvgIpc) is 2.78. The smallest absolute Gasteiger partial charge is 0.228 e. The molecule has 2 aromatic rings. The molecule has 0 aliphatic heterocycles. The Morgan fingerprint density at radius 1 is 1.41 bits per heavy atom. The van der Waals surface area contributed by atoms with Gasteiger partial charge in [-0.3, -0.25) is 0 Å². The van der Waals surface area contributed by atoms with Crippen LogP contribution in [0.3, 0.4) is 0 Å². The molecule has 1 aromatic heterocycles. The van der Waals surface area contributed by atoms with Crippen LogP contribution in [0.25, 0.3) is 11.4 Å². The molecule has 0 aliphatic carbocycles. The Balaban J connectivity index is 2.40. The number of benzene rings is 1. The average molecular weight is 233 g/mol. The van der Waals surface area contributed by atoms with Gasteiger partial charge in [-0.2, -0.15) is 4.98 Å². The maximum absolute atomic E-state index is 5.44. The normalized spacial score (nSPS) is 10.5. The minimum atomic E-state index is 0.493. The Morgan fingerprint density at radius 3 is 2.94 bits per heavy atom. The van der Waals surface area contributed by atoms with Gasteiger partial charge >= 0.3 is 0 Å². The van der Waals surface area contributed by atoms with E-state index < -0.39 is 0 Å². The van der Waals surface area contributed by atoms with Gasteiger partial charge in [0.1, 0.15) is 5.75 Å². The van der Waals surface area contributed by atoms with Gasteiger partial charge in [0, 0.05) is 13.0 Å². The molecule has 5 heteroatoms. The lowest BCUT2D eigenvalue weighted by Gasteiger charge is -2.05. The second-order valence-electron chi connectivity index (χ2n) is 3.75. The first kappa shape index (κ1) is 11.6. The first-order valence-electron chi connectivity index (χ1n) is 5.42. The largest absolute Gasteiger partial charge is 0.496 e. The van der Waals surface area contributed by atoms with E-state index in [9.17, 15) is 0 Å². The summed E-state index contributed by atoms with van der Waals surface area (Å²) in [4.78, 5) is 4.28. The molecule has 1 heterocycles. The summed E-state index contributed by atoms with van der Waals surface area (Å²) < 4.78 is 10.4. The van der Waals surface area contributed by atoms with E-state index in [-0.39, 0.29) is 0 Å². The van der Waals surface area contributed by atoms with Crippen LogP contribution in [0.15, 0.2) is 22.7 Å². The van der Waals surface area contributed by atoms with E-state index in [1.54, 1.807) is 7.11 Å². The summed E-state index contributed by atoms with van der Waals surface area (Å²) in [5.74, 6) is 1.82. The van der Waals surface area contributed by atoms with Gasteiger partial charge in [-0.15, -0.1) is 0 Å². The number of nitrogens with zero attached hydrogens (tertiary/aromatic N) is 2. The Bertz CT molecular complexity index is 508. The number of hydrogen-bond donors (Lipinski definition) is 1. The molecule has 90 valence electrons. The third-order valence-corrected chi connectivity index (χ3v) is 2.42. The number of hydrogen-bond acceptors (Lipinski definition) is 5. The van der Waals surface area contributed by atoms with Crippen molar-refractivity contribution in [2.75, 3.05) is 13.7 Å². The van der Waals surface area contributed by atoms with E-state index in [0.717, 1.165) is 16.9 Å². The molecule has 0 fully saturated rings. The lowest BCUT2D eigenvalue weighted by atomic mass is 10.1. The number of ether oxygens (including phenoxy) is 1. The summed E-state index contributed by atoms with van der Waals surface area (Å²) in [6.45, 7) is 2.50. The predicted octanol–water partition coefficient (Wildman–Crippen LogP) is 1.55. The quantitative estimate of drug-likeness (QED) is 0.867. The van der Waals surface area contributed by atoms with Gasteiger partial charge in [0.05, 0.1) is 12.7 Å². The minimum Gasteiger partial charge on any atom is -0.496 e. The summed E-state index contributed by atoms with van der Waals surface area (Å²) in [7, 11) is 1.62. The van der Waals surface area contributed by atoms with Crippen molar-refractivity contribution in [3.05, 3.63) is 29.7 Å². The predicted molar refractivity (Wildman–Crippen MR) is 63.8 cm³/mol. The van der Waals surface area contributed by atoms with Crippen molar-refractivity contribution < 1.29 is 9.26 Å². The molecule has 0 bridgehead atoms. The summed E-state index contributed by atoms with van der Waals surface area (Å²) in [5.41, 5.74) is 7.39. The molecular formula is C12H15N3O2. The Labute approximate surface area is 99.6 Å². The van der Waals surface area contributed by atoms with Crippen molar-refractivity contribution >= 4 is 0 Å². The number of methoxy groups -OCH3 is 1.